The fourth-order valence-corrected chi connectivity index (χ4v) is 2.57. The van der Waals surface area contributed by atoms with E-state index in [9.17, 15) is 23.3 Å². The minimum absolute atomic E-state index is 0.0773. The molecule has 2 aromatic rings. The molecule has 2 N–H and O–H groups in total. The van der Waals surface area contributed by atoms with Crippen LogP contribution in [0.25, 0.3) is 10.2 Å². The Morgan fingerprint density at radius 3 is 2.61 bits per heavy atom. The average Bonchev–Trinajstić information content (AvgIpc) is 2.53. The summed E-state index contributed by atoms with van der Waals surface area (Å²) < 4.78 is 38.5. The Morgan fingerprint density at radius 2 is 2.11 bits per heavy atom. The Balaban J connectivity index is 2.91. The number of alkyl halides is 3. The molecule has 0 atom stereocenters. The van der Waals surface area contributed by atoms with Crippen molar-refractivity contribution < 1.29 is 18.1 Å². The van der Waals surface area contributed by atoms with Crippen LogP contribution in [0.15, 0.2) is 6.07 Å². The van der Waals surface area contributed by atoms with E-state index in [4.69, 9.17) is 5.73 Å². The van der Waals surface area contributed by atoms with Gasteiger partial charge in [0.2, 0.25) is 0 Å². The van der Waals surface area contributed by atoms with Crippen molar-refractivity contribution in [1.82, 2.24) is 4.98 Å². The first-order valence-electron chi connectivity index (χ1n) is 4.63. The minimum Gasteiger partial charge on any atom is -0.392 e. The van der Waals surface area contributed by atoms with Crippen LogP contribution in [0.2, 0.25) is 0 Å². The smallest absolute Gasteiger partial charge is 0.392 e. The molecule has 0 spiro atoms. The van der Waals surface area contributed by atoms with Crippen LogP contribution >= 0.6 is 11.3 Å². The molecule has 0 fully saturated rings. The number of hydrogen-bond donors (Lipinski definition) is 1. The third kappa shape index (κ3) is 1.86. The molecule has 18 heavy (non-hydrogen) atoms. The lowest BCUT2D eigenvalue weighted by Gasteiger charge is -2.08. The van der Waals surface area contributed by atoms with Crippen molar-refractivity contribution in [2.24, 2.45) is 0 Å². The lowest BCUT2D eigenvalue weighted by Crippen LogP contribution is -2.07. The highest BCUT2D eigenvalue weighted by molar-refractivity contribution is 7.22. The van der Waals surface area contributed by atoms with E-state index in [2.05, 4.69) is 4.98 Å². The summed E-state index contributed by atoms with van der Waals surface area (Å²) in [5.74, 6) is 0. The zero-order valence-electron chi connectivity index (χ0n) is 8.91. The molecule has 0 saturated heterocycles. The average molecular weight is 277 g/mol. The summed E-state index contributed by atoms with van der Waals surface area (Å²) in [6, 6.07) is 0.829. The molecule has 0 saturated carbocycles. The third-order valence-corrected chi connectivity index (χ3v) is 3.33. The Kier molecular flexibility index (Phi) is 2.65. The highest BCUT2D eigenvalue weighted by atomic mass is 32.1. The minimum atomic E-state index is -4.63. The van der Waals surface area contributed by atoms with E-state index in [0.29, 0.717) is 11.3 Å². The van der Waals surface area contributed by atoms with Crippen LogP contribution in [0.4, 0.5) is 23.9 Å². The highest BCUT2D eigenvalue weighted by Gasteiger charge is 2.36. The van der Waals surface area contributed by atoms with Gasteiger partial charge in [-0.3, -0.25) is 10.1 Å². The Hall–Kier alpha value is -1.90. The van der Waals surface area contributed by atoms with Gasteiger partial charge in [-0.05, 0) is 24.3 Å². The van der Waals surface area contributed by atoms with Gasteiger partial charge in [-0.15, -0.1) is 0 Å². The Labute approximate surface area is 102 Å². The predicted molar refractivity (Wildman–Crippen MR) is 60.4 cm³/mol. The van der Waals surface area contributed by atoms with Crippen LogP contribution in [-0.2, 0) is 6.18 Å². The highest BCUT2D eigenvalue weighted by Crippen LogP contribution is 2.45. The van der Waals surface area contributed by atoms with Gasteiger partial charge in [0.05, 0.1) is 15.9 Å². The molecule has 5 nitrogen and oxygen atoms in total. The second-order valence-electron chi connectivity index (χ2n) is 3.57. The Morgan fingerprint density at radius 1 is 1.50 bits per heavy atom. The molecule has 0 aliphatic carbocycles. The number of nitrogen functional groups attached to an aromatic ring is 1. The molecular formula is C9H6F3N3O2S. The number of rotatable bonds is 1. The van der Waals surface area contributed by atoms with Gasteiger partial charge in [-0.25, -0.2) is 4.98 Å². The quantitative estimate of drug-likeness (QED) is 0.641. The summed E-state index contributed by atoms with van der Waals surface area (Å²) in [6.45, 7) is 1.39. The molecule has 0 amide bonds. The van der Waals surface area contributed by atoms with E-state index < -0.39 is 32.7 Å². The number of aromatic nitrogens is 1. The van der Waals surface area contributed by atoms with Gasteiger partial charge in [0.1, 0.15) is 10.5 Å². The van der Waals surface area contributed by atoms with Crippen molar-refractivity contribution in [3.63, 3.8) is 0 Å². The fourth-order valence-electron chi connectivity index (χ4n) is 1.59. The molecule has 9 heteroatoms. The van der Waals surface area contributed by atoms with Crippen LogP contribution in [-0.4, -0.2) is 9.91 Å². The second kappa shape index (κ2) is 3.80. The van der Waals surface area contributed by atoms with E-state index in [1.165, 1.54) is 6.92 Å². The molecule has 0 aromatic carbocycles. The van der Waals surface area contributed by atoms with Gasteiger partial charge in [0.25, 0.3) is 0 Å². The summed E-state index contributed by atoms with van der Waals surface area (Å²) in [4.78, 5) is 13.6. The first kappa shape index (κ1) is 12.6. The number of fused-ring (bicyclic) bond motifs is 1. The normalized spacial score (nSPS) is 12.0. The maximum Gasteiger partial charge on any atom is 0.417 e. The van der Waals surface area contributed by atoms with E-state index in [1.807, 2.05) is 0 Å². The number of nitrogens with zero attached hydrogens (tertiary/aromatic N) is 2. The zero-order valence-corrected chi connectivity index (χ0v) is 9.72. The fraction of sp³-hybridized carbons (Fsp3) is 0.222. The molecule has 0 bridgehead atoms. The summed E-state index contributed by atoms with van der Waals surface area (Å²) in [6.07, 6.45) is -4.63. The molecular weight excluding hydrogens is 271 g/mol. The molecule has 2 heterocycles. The number of halogens is 3. The lowest BCUT2D eigenvalue weighted by atomic mass is 10.1. The largest absolute Gasteiger partial charge is 0.417 e. The van der Waals surface area contributed by atoms with Crippen LogP contribution in [0.5, 0.6) is 0 Å². The number of aryl methyl sites for hydroxylation is 1. The maximum absolute atomic E-state index is 12.8. The van der Waals surface area contributed by atoms with Crippen molar-refractivity contribution in [2.45, 2.75) is 13.1 Å². The van der Waals surface area contributed by atoms with Crippen molar-refractivity contribution in [3.8, 4) is 0 Å². The lowest BCUT2D eigenvalue weighted by molar-refractivity contribution is -0.379. The van der Waals surface area contributed by atoms with Crippen molar-refractivity contribution in [3.05, 3.63) is 27.4 Å². The van der Waals surface area contributed by atoms with Gasteiger partial charge >= 0.3 is 11.2 Å². The van der Waals surface area contributed by atoms with Gasteiger partial charge in [0.15, 0.2) is 0 Å². The third-order valence-electron chi connectivity index (χ3n) is 2.28. The summed E-state index contributed by atoms with van der Waals surface area (Å²) in [5.41, 5.74) is 4.07. The number of thiophene rings is 1. The van der Waals surface area contributed by atoms with Crippen LogP contribution < -0.4 is 5.73 Å². The zero-order chi connectivity index (χ0) is 13.7. The van der Waals surface area contributed by atoms with Gasteiger partial charge in [-0.1, -0.05) is 0 Å². The van der Waals surface area contributed by atoms with Gasteiger partial charge in [-0.2, -0.15) is 13.2 Å². The molecule has 0 aliphatic rings. The predicted octanol–water partition coefficient (Wildman–Crippen LogP) is 3.11. The number of nitro groups is 1. The first-order chi connectivity index (χ1) is 8.21. The van der Waals surface area contributed by atoms with Gasteiger partial charge < -0.3 is 5.73 Å². The molecule has 0 unspecified atom stereocenters. The number of hydrogen-bond acceptors (Lipinski definition) is 5. The van der Waals surface area contributed by atoms with E-state index in [0.717, 1.165) is 6.07 Å². The van der Waals surface area contributed by atoms with Crippen LogP contribution in [0, 0.1) is 17.0 Å². The van der Waals surface area contributed by atoms with E-state index in [1.54, 1.807) is 0 Å². The number of pyridine rings is 1. The van der Waals surface area contributed by atoms with Crippen molar-refractivity contribution in [1.29, 1.82) is 0 Å². The van der Waals surface area contributed by atoms with E-state index in [-0.39, 0.29) is 10.5 Å². The van der Waals surface area contributed by atoms with Crippen LogP contribution in [0.3, 0.4) is 0 Å². The molecule has 2 rings (SSSR count). The van der Waals surface area contributed by atoms with E-state index >= 15 is 0 Å². The Bertz CT molecular complexity index is 651. The molecule has 0 aliphatic heterocycles. The molecule has 0 radical (unpaired) electrons. The monoisotopic (exact) mass is 277 g/mol. The van der Waals surface area contributed by atoms with Gasteiger partial charge in [0, 0.05) is 5.69 Å². The summed E-state index contributed by atoms with van der Waals surface area (Å²) in [5, 5.41) is 9.75. The standard InChI is InChI=1S/C9H6F3N3O2S/c1-3-2-4(9(10,11)12)5-6(13)8(15(16)17)18-7(5)14-3/h2H,13H2,1H3. The molecule has 2 aromatic heterocycles. The number of anilines is 1. The van der Waals surface area contributed by atoms with Crippen molar-refractivity contribution in [2.75, 3.05) is 5.73 Å². The summed E-state index contributed by atoms with van der Waals surface area (Å²) in [7, 11) is 0. The summed E-state index contributed by atoms with van der Waals surface area (Å²) >= 11 is 0.541. The SMILES string of the molecule is Cc1cc(C(F)(F)F)c2c(N)c([N+](=O)[O-])sc2n1. The maximum atomic E-state index is 12.8. The molecule has 96 valence electrons. The first-order valence-corrected chi connectivity index (χ1v) is 5.44. The number of nitrogens with two attached hydrogens (primary N) is 1. The topological polar surface area (TPSA) is 82.0 Å². The van der Waals surface area contributed by atoms with Crippen LogP contribution in [0.1, 0.15) is 11.3 Å². The second-order valence-corrected chi connectivity index (χ2v) is 4.54. The van der Waals surface area contributed by atoms with Crippen molar-refractivity contribution >= 4 is 32.2 Å².